The van der Waals surface area contributed by atoms with Crippen LogP contribution in [-0.4, -0.2) is 24.3 Å². The Balaban J connectivity index is 3.09. The summed E-state index contributed by atoms with van der Waals surface area (Å²) in [5.41, 5.74) is 0. The van der Waals surface area contributed by atoms with E-state index in [1.54, 1.807) is 0 Å². The fourth-order valence-corrected chi connectivity index (χ4v) is 1.75. The fraction of sp³-hybridized carbons (Fsp3) is 0.143. The topological polar surface area (TPSA) is 63.6 Å². The molecule has 0 aliphatic heterocycles. The molecule has 0 unspecified atom stereocenters. The second-order valence-corrected chi connectivity index (χ2v) is 5.13. The van der Waals surface area contributed by atoms with Crippen LogP contribution >= 0.6 is 0 Å². The first-order chi connectivity index (χ1) is 5.54. The summed E-state index contributed by atoms with van der Waals surface area (Å²) < 4.78 is 34.6. The first-order valence-corrected chi connectivity index (χ1v) is 6.18. The summed E-state index contributed by atoms with van der Waals surface area (Å²) in [6, 6.07) is 5.57. The van der Waals surface area contributed by atoms with Crippen LogP contribution in [0.4, 0.5) is 0 Å². The minimum atomic E-state index is -4.79. The van der Waals surface area contributed by atoms with Gasteiger partial charge in [-0.05, 0) is 0 Å². The molecular weight excluding hydrogens is 227 g/mol. The number of rotatable bonds is 2. The molecule has 0 radical (unpaired) electrons. The third-order valence-corrected chi connectivity index (χ3v) is 3.18. The van der Waals surface area contributed by atoms with E-state index >= 15 is 0 Å². The van der Waals surface area contributed by atoms with Crippen LogP contribution in [0.25, 0.3) is 0 Å². The van der Waals surface area contributed by atoms with Crippen molar-refractivity contribution in [1.82, 2.24) is 0 Å². The van der Waals surface area contributed by atoms with E-state index in [4.69, 9.17) is 8.93 Å². The number of benzene rings is 1. The molecule has 1 N–H and O–H groups in total. The van der Waals surface area contributed by atoms with Gasteiger partial charge in [0.1, 0.15) is 0 Å². The molecule has 0 atom stereocenters. The monoisotopic (exact) mass is 236 g/mol. The second kappa shape index (κ2) is 3.23. The van der Waals surface area contributed by atoms with Crippen molar-refractivity contribution in [2.75, 3.05) is 7.11 Å². The summed E-state index contributed by atoms with van der Waals surface area (Å²) >= 11 is -4.79. The van der Waals surface area contributed by atoms with E-state index < -0.39 is 13.0 Å². The molecule has 0 fully saturated rings. The number of hydrogen-bond acceptors (Lipinski definition) is 3. The average molecular weight is 235 g/mol. The number of hydrogen-bond donors (Lipinski definition) is 1. The van der Waals surface area contributed by atoms with Gasteiger partial charge in [0.05, 0.1) is 0 Å². The molecule has 5 heteroatoms. The molecule has 0 amide bonds. The maximum atomic E-state index is 10.6. The first-order valence-electron chi connectivity index (χ1n) is 3.15. The van der Waals surface area contributed by atoms with E-state index in [1.807, 2.05) is 0 Å². The number of ether oxygens (including phenoxy) is 1. The van der Waals surface area contributed by atoms with Gasteiger partial charge in [-0.2, -0.15) is 0 Å². The Kier molecular flexibility index (Phi) is 2.47. The van der Waals surface area contributed by atoms with Gasteiger partial charge in [0, 0.05) is 0 Å². The van der Waals surface area contributed by atoms with Gasteiger partial charge in [0.15, 0.2) is 0 Å². The van der Waals surface area contributed by atoms with Crippen molar-refractivity contribution >= 4 is 17.5 Å². The Hall–Kier alpha value is -0.901. The Morgan fingerprint density at radius 1 is 1.25 bits per heavy atom. The maximum absolute atomic E-state index is 10.6. The van der Waals surface area contributed by atoms with E-state index in [2.05, 4.69) is 0 Å². The van der Waals surface area contributed by atoms with Crippen LogP contribution in [0.2, 0.25) is 0 Å². The van der Waals surface area contributed by atoms with E-state index in [0.29, 0.717) is 5.75 Å². The fourth-order valence-electron chi connectivity index (χ4n) is 0.748. The minimum absolute atomic E-state index is 0.0629. The Bertz CT molecular complexity index is 351. The molecule has 0 aromatic heterocycles. The van der Waals surface area contributed by atoms with Gasteiger partial charge in [-0.3, -0.25) is 0 Å². The van der Waals surface area contributed by atoms with Gasteiger partial charge in [-0.25, -0.2) is 0 Å². The molecule has 0 saturated heterocycles. The van der Waals surface area contributed by atoms with Gasteiger partial charge >= 0.3 is 71.2 Å². The van der Waals surface area contributed by atoms with Gasteiger partial charge in [0.2, 0.25) is 0 Å². The van der Waals surface area contributed by atoms with Crippen molar-refractivity contribution in [2.45, 2.75) is 0 Å². The molecule has 1 aromatic rings. The number of methoxy groups -OCH3 is 1. The zero-order valence-electron chi connectivity index (χ0n) is 6.39. The summed E-state index contributed by atoms with van der Waals surface area (Å²) in [6.07, 6.45) is 0. The van der Waals surface area contributed by atoms with E-state index in [0.717, 1.165) is 0 Å². The Labute approximate surface area is 71.7 Å². The van der Waals surface area contributed by atoms with Crippen LogP contribution in [-0.2, 0) is 7.67 Å². The van der Waals surface area contributed by atoms with Crippen molar-refractivity contribution in [2.24, 2.45) is 0 Å². The van der Waals surface area contributed by atoms with E-state index in [1.165, 1.54) is 31.4 Å². The predicted octanol–water partition coefficient (Wildman–Crippen LogP) is -0.306. The van der Waals surface area contributed by atoms with Crippen molar-refractivity contribution in [3.8, 4) is 5.75 Å². The summed E-state index contributed by atoms with van der Waals surface area (Å²) in [4.78, 5) is 0. The summed E-state index contributed by atoms with van der Waals surface area (Å²) in [5, 5.41) is 0. The second-order valence-electron chi connectivity index (χ2n) is 2.15. The van der Waals surface area contributed by atoms with Crippen LogP contribution in [0.3, 0.4) is 0 Å². The zero-order valence-corrected chi connectivity index (χ0v) is 8.10. The Morgan fingerprint density at radius 3 is 2.08 bits per heavy atom. The SMILES string of the molecule is COc1ccc([Se](=O)(=O)O)cc1. The van der Waals surface area contributed by atoms with Crippen LogP contribution in [0.5, 0.6) is 5.75 Å². The summed E-state index contributed by atoms with van der Waals surface area (Å²) in [6.45, 7) is 0. The van der Waals surface area contributed by atoms with Crippen LogP contribution < -0.4 is 9.20 Å². The van der Waals surface area contributed by atoms with Gasteiger partial charge in [-0.1, -0.05) is 0 Å². The van der Waals surface area contributed by atoms with Crippen LogP contribution in [0.15, 0.2) is 24.3 Å². The average Bonchev–Trinajstić information content (AvgIpc) is 2.03. The normalized spacial score (nSPS) is 11.2. The summed E-state index contributed by atoms with van der Waals surface area (Å²) in [5.74, 6) is 0.556. The van der Waals surface area contributed by atoms with Gasteiger partial charge < -0.3 is 0 Å². The molecule has 0 aliphatic rings. The van der Waals surface area contributed by atoms with Gasteiger partial charge in [0.25, 0.3) is 0 Å². The quantitative estimate of drug-likeness (QED) is 0.714. The standard InChI is InChI=1S/C7H8O4Se/c1-11-6-2-4-7(5-3-6)12(8,9)10/h2-5H,1H3,(H,8,9,10). The molecule has 12 heavy (non-hydrogen) atoms. The zero-order chi connectivity index (χ0) is 9.19. The molecule has 1 aromatic carbocycles. The van der Waals surface area contributed by atoms with Crippen molar-refractivity contribution in [3.63, 3.8) is 0 Å². The van der Waals surface area contributed by atoms with Crippen LogP contribution in [0, 0.1) is 0 Å². The third kappa shape index (κ3) is 2.04. The molecular formula is C7H8O4Se. The van der Waals surface area contributed by atoms with Gasteiger partial charge in [-0.15, -0.1) is 0 Å². The molecule has 0 bridgehead atoms. The summed E-state index contributed by atoms with van der Waals surface area (Å²) in [7, 11) is 1.48. The third-order valence-electron chi connectivity index (χ3n) is 1.36. The van der Waals surface area contributed by atoms with E-state index in [-0.39, 0.29) is 4.46 Å². The molecule has 0 aliphatic carbocycles. The van der Waals surface area contributed by atoms with Crippen molar-refractivity contribution in [1.29, 1.82) is 0 Å². The molecule has 0 spiro atoms. The van der Waals surface area contributed by atoms with E-state index in [9.17, 15) is 7.67 Å². The van der Waals surface area contributed by atoms with Crippen LogP contribution in [0.1, 0.15) is 0 Å². The first kappa shape index (κ1) is 9.19. The predicted molar refractivity (Wildman–Crippen MR) is 42.0 cm³/mol. The molecule has 4 nitrogen and oxygen atoms in total. The molecule has 1 rings (SSSR count). The molecule has 0 saturated carbocycles. The molecule has 66 valence electrons. The van der Waals surface area contributed by atoms with Crippen molar-refractivity contribution in [3.05, 3.63) is 24.3 Å². The Morgan fingerprint density at radius 2 is 1.75 bits per heavy atom. The molecule has 0 heterocycles. The van der Waals surface area contributed by atoms with Crippen molar-refractivity contribution < 1.29 is 16.6 Å².